The van der Waals surface area contributed by atoms with Crippen LogP contribution in [0.25, 0.3) is 0 Å². The number of carbonyl (C=O) groups excluding carboxylic acids is 1. The molecular weight excluding hydrogens is 332 g/mol. The fraction of sp³-hybridized carbons (Fsp3) is 0.600. The summed E-state index contributed by atoms with van der Waals surface area (Å²) in [7, 11) is 4.03. The first-order valence-electron chi connectivity index (χ1n) is 8.98. The Morgan fingerprint density at radius 1 is 1.08 bits per heavy atom. The number of amides is 1. The second-order valence-electron chi connectivity index (χ2n) is 8.31. The van der Waals surface area contributed by atoms with Crippen molar-refractivity contribution in [2.45, 2.75) is 63.1 Å². The molecule has 1 aromatic rings. The van der Waals surface area contributed by atoms with Crippen LogP contribution in [0.5, 0.6) is 0 Å². The molecule has 1 aromatic carbocycles. The first kappa shape index (κ1) is 20.2. The van der Waals surface area contributed by atoms with Gasteiger partial charge >= 0.3 is 12.1 Å². The number of carboxylic acids is 1. The summed E-state index contributed by atoms with van der Waals surface area (Å²) in [6.45, 7) is 5.27. The topological polar surface area (TPSA) is 78.9 Å². The first-order valence-corrected chi connectivity index (χ1v) is 8.98. The van der Waals surface area contributed by atoms with Crippen LogP contribution in [0.1, 0.15) is 52.0 Å². The zero-order chi connectivity index (χ0) is 19.6. The average molecular weight is 362 g/mol. The zero-order valence-corrected chi connectivity index (χ0v) is 16.3. The van der Waals surface area contributed by atoms with Crippen molar-refractivity contribution in [3.8, 4) is 0 Å². The van der Waals surface area contributed by atoms with Gasteiger partial charge in [-0.3, -0.25) is 4.90 Å². The molecule has 0 aliphatic heterocycles. The minimum atomic E-state index is -1.30. The highest BCUT2D eigenvalue weighted by molar-refractivity contribution is 5.84. The van der Waals surface area contributed by atoms with E-state index in [0.29, 0.717) is 25.7 Å². The molecule has 1 saturated carbocycles. The molecule has 0 heterocycles. The Kier molecular flexibility index (Phi) is 5.66. The number of nitrogens with zero attached hydrogens (tertiary/aromatic N) is 1. The number of nitrogens with one attached hydrogen (secondary N) is 1. The van der Waals surface area contributed by atoms with Gasteiger partial charge in [-0.2, -0.15) is 0 Å². The summed E-state index contributed by atoms with van der Waals surface area (Å²) in [6, 6.07) is 10.1. The Hall–Kier alpha value is -2.08. The molecule has 1 aliphatic rings. The maximum Gasteiger partial charge on any atom is 0.408 e. The van der Waals surface area contributed by atoms with Crippen molar-refractivity contribution in [3.63, 3.8) is 0 Å². The predicted molar refractivity (Wildman–Crippen MR) is 100 cm³/mol. The van der Waals surface area contributed by atoms with Crippen LogP contribution in [0, 0.1) is 0 Å². The summed E-state index contributed by atoms with van der Waals surface area (Å²) >= 11 is 0. The van der Waals surface area contributed by atoms with E-state index in [1.54, 1.807) is 20.8 Å². The highest BCUT2D eigenvalue weighted by Crippen LogP contribution is 2.44. The SMILES string of the molecule is CN(C)C1(c2ccccc2)CCC(NC(=O)OC(C)(C)C)(C(=O)O)CC1. The molecule has 0 saturated heterocycles. The molecule has 144 valence electrons. The molecule has 0 radical (unpaired) electrons. The van der Waals surface area contributed by atoms with Gasteiger partial charge in [0.05, 0.1) is 0 Å². The van der Waals surface area contributed by atoms with Gasteiger partial charge in [0.25, 0.3) is 0 Å². The lowest BCUT2D eigenvalue weighted by Crippen LogP contribution is -2.60. The number of hydrogen-bond donors (Lipinski definition) is 2. The van der Waals surface area contributed by atoms with E-state index in [4.69, 9.17) is 4.74 Å². The van der Waals surface area contributed by atoms with Crippen LogP contribution in [0.3, 0.4) is 0 Å². The summed E-state index contributed by atoms with van der Waals surface area (Å²) in [5.74, 6) is -1.01. The minimum absolute atomic E-state index is 0.240. The van der Waals surface area contributed by atoms with Crippen molar-refractivity contribution in [2.75, 3.05) is 14.1 Å². The fourth-order valence-corrected chi connectivity index (χ4v) is 3.72. The van der Waals surface area contributed by atoms with E-state index >= 15 is 0 Å². The fourth-order valence-electron chi connectivity index (χ4n) is 3.72. The van der Waals surface area contributed by atoms with Crippen LogP contribution in [-0.4, -0.2) is 47.3 Å². The molecule has 2 rings (SSSR count). The third-order valence-electron chi connectivity index (χ3n) is 5.25. The van der Waals surface area contributed by atoms with Crippen LogP contribution >= 0.6 is 0 Å². The van der Waals surface area contributed by atoms with Gasteiger partial charge in [0, 0.05) is 5.54 Å². The Morgan fingerprint density at radius 2 is 1.62 bits per heavy atom. The van der Waals surface area contributed by atoms with E-state index in [1.165, 1.54) is 5.56 Å². The molecule has 6 nitrogen and oxygen atoms in total. The third-order valence-corrected chi connectivity index (χ3v) is 5.25. The first-order chi connectivity index (χ1) is 12.0. The Labute approximate surface area is 155 Å². The van der Waals surface area contributed by atoms with E-state index in [-0.39, 0.29) is 5.54 Å². The largest absolute Gasteiger partial charge is 0.480 e. The minimum Gasteiger partial charge on any atom is -0.480 e. The molecule has 0 atom stereocenters. The van der Waals surface area contributed by atoms with Crippen LogP contribution in [0.4, 0.5) is 4.79 Å². The number of ether oxygens (including phenoxy) is 1. The molecule has 2 N–H and O–H groups in total. The monoisotopic (exact) mass is 362 g/mol. The molecular formula is C20H30N2O4. The van der Waals surface area contributed by atoms with E-state index in [1.807, 2.05) is 32.3 Å². The number of aliphatic carboxylic acids is 1. The number of hydrogen-bond acceptors (Lipinski definition) is 4. The van der Waals surface area contributed by atoms with Gasteiger partial charge in [0.15, 0.2) is 0 Å². The standard InChI is InChI=1S/C20H30N2O4/c1-18(2,3)26-17(25)21-19(16(23)24)11-13-20(14-12-19,22(4)5)15-9-7-6-8-10-15/h6-10H,11-14H2,1-5H3,(H,21,25)(H,23,24). The van der Waals surface area contributed by atoms with Crippen molar-refractivity contribution in [3.05, 3.63) is 35.9 Å². The molecule has 1 amide bonds. The Balaban J connectivity index is 2.23. The van der Waals surface area contributed by atoms with Crippen LogP contribution in [0.15, 0.2) is 30.3 Å². The van der Waals surface area contributed by atoms with Crippen molar-refractivity contribution in [2.24, 2.45) is 0 Å². The smallest absolute Gasteiger partial charge is 0.408 e. The van der Waals surface area contributed by atoms with E-state index in [2.05, 4.69) is 22.3 Å². The highest BCUT2D eigenvalue weighted by atomic mass is 16.6. The van der Waals surface area contributed by atoms with Gasteiger partial charge in [-0.25, -0.2) is 9.59 Å². The van der Waals surface area contributed by atoms with Crippen molar-refractivity contribution in [1.29, 1.82) is 0 Å². The van der Waals surface area contributed by atoms with Gasteiger partial charge in [-0.1, -0.05) is 30.3 Å². The maximum absolute atomic E-state index is 12.2. The van der Waals surface area contributed by atoms with Gasteiger partial charge in [-0.05, 0) is 66.1 Å². The van der Waals surface area contributed by atoms with Crippen molar-refractivity contribution < 1.29 is 19.4 Å². The van der Waals surface area contributed by atoms with Crippen LogP contribution in [-0.2, 0) is 15.1 Å². The Bertz CT molecular complexity index is 642. The summed E-state index contributed by atoms with van der Waals surface area (Å²) in [6.07, 6.45) is 1.26. The second kappa shape index (κ2) is 7.27. The van der Waals surface area contributed by atoms with E-state index in [9.17, 15) is 14.7 Å². The molecule has 0 unspecified atom stereocenters. The quantitative estimate of drug-likeness (QED) is 0.858. The highest BCUT2D eigenvalue weighted by Gasteiger charge is 2.50. The van der Waals surface area contributed by atoms with Crippen LogP contribution in [0.2, 0.25) is 0 Å². The number of alkyl carbamates (subject to hydrolysis) is 1. The second-order valence-corrected chi connectivity index (χ2v) is 8.31. The molecule has 1 fully saturated rings. The summed E-state index contributed by atoms with van der Waals surface area (Å²) in [5, 5.41) is 12.5. The third kappa shape index (κ3) is 4.18. The average Bonchev–Trinajstić information content (AvgIpc) is 2.54. The van der Waals surface area contributed by atoms with Gasteiger partial charge < -0.3 is 15.2 Å². The lowest BCUT2D eigenvalue weighted by molar-refractivity contribution is -0.148. The predicted octanol–water partition coefficient (Wildman–Crippen LogP) is 3.37. The summed E-state index contributed by atoms with van der Waals surface area (Å²) < 4.78 is 5.28. The van der Waals surface area contributed by atoms with E-state index in [0.717, 1.165) is 0 Å². The Morgan fingerprint density at radius 3 is 2.04 bits per heavy atom. The number of carbonyl (C=O) groups is 2. The molecule has 0 bridgehead atoms. The van der Waals surface area contributed by atoms with Gasteiger partial charge in [-0.15, -0.1) is 0 Å². The summed E-state index contributed by atoms with van der Waals surface area (Å²) in [5.41, 5.74) is -1.04. The molecule has 1 aliphatic carbocycles. The van der Waals surface area contributed by atoms with Gasteiger partial charge in [0.2, 0.25) is 0 Å². The van der Waals surface area contributed by atoms with Gasteiger partial charge in [0.1, 0.15) is 11.1 Å². The molecule has 0 aromatic heterocycles. The number of benzene rings is 1. The van der Waals surface area contributed by atoms with E-state index < -0.39 is 23.2 Å². The number of carboxylic acid groups (broad SMARTS) is 1. The molecule has 6 heteroatoms. The normalized spacial score (nSPS) is 26.4. The molecule has 26 heavy (non-hydrogen) atoms. The lowest BCUT2D eigenvalue weighted by atomic mass is 9.68. The molecule has 0 spiro atoms. The lowest BCUT2D eigenvalue weighted by Gasteiger charge is -2.48. The van der Waals surface area contributed by atoms with Crippen molar-refractivity contribution in [1.82, 2.24) is 10.2 Å². The van der Waals surface area contributed by atoms with Crippen LogP contribution < -0.4 is 5.32 Å². The van der Waals surface area contributed by atoms with Crippen molar-refractivity contribution >= 4 is 12.1 Å². The number of rotatable bonds is 4. The zero-order valence-electron chi connectivity index (χ0n) is 16.3. The summed E-state index contributed by atoms with van der Waals surface area (Å²) in [4.78, 5) is 26.4. The maximum atomic E-state index is 12.2.